The first-order chi connectivity index (χ1) is 10.1. The van der Waals surface area contributed by atoms with Gasteiger partial charge in [-0.2, -0.15) is 0 Å². The van der Waals surface area contributed by atoms with Gasteiger partial charge in [-0.25, -0.2) is 0 Å². The Morgan fingerprint density at radius 1 is 1.29 bits per heavy atom. The molecule has 0 unspecified atom stereocenters. The van der Waals surface area contributed by atoms with Gasteiger partial charge in [0.15, 0.2) is 5.78 Å². The van der Waals surface area contributed by atoms with Gasteiger partial charge >= 0.3 is 0 Å². The van der Waals surface area contributed by atoms with Gasteiger partial charge in [0, 0.05) is 23.6 Å². The molecule has 1 aliphatic rings. The van der Waals surface area contributed by atoms with Crippen molar-refractivity contribution in [3.63, 3.8) is 0 Å². The predicted molar refractivity (Wildman–Crippen MR) is 85.4 cm³/mol. The molecule has 0 aliphatic carbocycles. The number of fused-ring (bicyclic) bond motifs is 1. The lowest BCUT2D eigenvalue weighted by atomic mass is 10.1. The summed E-state index contributed by atoms with van der Waals surface area (Å²) in [6.07, 6.45) is 1.06. The van der Waals surface area contributed by atoms with Crippen LogP contribution in [0.4, 0.5) is 10.7 Å². The number of amides is 1. The van der Waals surface area contributed by atoms with Crippen molar-refractivity contribution in [2.75, 3.05) is 17.2 Å². The molecule has 6 heteroatoms. The molecule has 21 heavy (non-hydrogen) atoms. The average molecular weight is 321 g/mol. The van der Waals surface area contributed by atoms with Crippen LogP contribution in [0.5, 0.6) is 0 Å². The van der Waals surface area contributed by atoms with Crippen LogP contribution < -0.4 is 10.6 Å². The second-order valence-corrected chi connectivity index (χ2v) is 6.40. The van der Waals surface area contributed by atoms with Crippen LogP contribution in [0.1, 0.15) is 32.9 Å². The van der Waals surface area contributed by atoms with Crippen molar-refractivity contribution in [3.05, 3.63) is 45.8 Å². The first-order valence-electron chi connectivity index (χ1n) is 6.56. The molecule has 4 nitrogen and oxygen atoms in total. The van der Waals surface area contributed by atoms with Crippen molar-refractivity contribution in [2.45, 2.75) is 12.8 Å². The van der Waals surface area contributed by atoms with E-state index in [-0.39, 0.29) is 11.7 Å². The van der Waals surface area contributed by atoms with Gasteiger partial charge in [0.05, 0.1) is 15.6 Å². The second kappa shape index (κ2) is 5.50. The van der Waals surface area contributed by atoms with Crippen molar-refractivity contribution >= 4 is 45.3 Å². The van der Waals surface area contributed by atoms with Crippen LogP contribution >= 0.6 is 22.9 Å². The van der Waals surface area contributed by atoms with E-state index >= 15 is 0 Å². The molecule has 0 spiro atoms. The number of benzene rings is 1. The van der Waals surface area contributed by atoms with E-state index in [1.807, 2.05) is 0 Å². The van der Waals surface area contributed by atoms with Crippen LogP contribution in [-0.2, 0) is 0 Å². The summed E-state index contributed by atoms with van der Waals surface area (Å²) in [4.78, 5) is 27.0. The van der Waals surface area contributed by atoms with E-state index in [0.29, 0.717) is 45.5 Å². The number of nitrogens with zero attached hydrogens (tertiary/aromatic N) is 1. The zero-order valence-electron chi connectivity index (χ0n) is 11.1. The molecule has 0 saturated carbocycles. The number of hydrogen-bond acceptors (Lipinski definition) is 4. The molecule has 108 valence electrons. The molecule has 1 aromatic heterocycles. The highest BCUT2D eigenvalue weighted by molar-refractivity contribution is 7.17. The van der Waals surface area contributed by atoms with E-state index in [4.69, 9.17) is 17.3 Å². The fourth-order valence-electron chi connectivity index (χ4n) is 2.43. The summed E-state index contributed by atoms with van der Waals surface area (Å²) in [6.45, 7) is 0.511. The topological polar surface area (TPSA) is 63.4 Å². The fourth-order valence-corrected chi connectivity index (χ4v) is 3.33. The van der Waals surface area contributed by atoms with E-state index in [1.54, 1.807) is 35.2 Å². The SMILES string of the molecule is Nc1ccc(C(=O)N2CCCC(=O)c3cc(Cl)ccc32)s1. The summed E-state index contributed by atoms with van der Waals surface area (Å²) in [5.74, 6) is -0.108. The number of ketones is 1. The zero-order valence-corrected chi connectivity index (χ0v) is 12.7. The van der Waals surface area contributed by atoms with Crippen LogP contribution in [0, 0.1) is 0 Å². The summed E-state index contributed by atoms with van der Waals surface area (Å²) in [7, 11) is 0. The largest absolute Gasteiger partial charge is 0.391 e. The van der Waals surface area contributed by atoms with E-state index in [2.05, 4.69) is 0 Å². The number of Topliss-reactive ketones (excluding diaryl/α,β-unsaturated/α-hetero) is 1. The molecule has 0 fully saturated rings. The zero-order chi connectivity index (χ0) is 15.0. The maximum Gasteiger partial charge on any atom is 0.268 e. The Kier molecular flexibility index (Phi) is 3.69. The lowest BCUT2D eigenvalue weighted by Gasteiger charge is -2.22. The third-order valence-electron chi connectivity index (χ3n) is 3.42. The van der Waals surface area contributed by atoms with Gasteiger partial charge in [-0.1, -0.05) is 11.6 Å². The molecule has 0 atom stereocenters. The summed E-state index contributed by atoms with van der Waals surface area (Å²) in [5.41, 5.74) is 6.83. The summed E-state index contributed by atoms with van der Waals surface area (Å²) in [5, 5.41) is 1.09. The van der Waals surface area contributed by atoms with Gasteiger partial charge in [-0.15, -0.1) is 11.3 Å². The number of thiophene rings is 1. The Labute approximate surface area is 131 Å². The second-order valence-electron chi connectivity index (χ2n) is 4.85. The Bertz CT molecular complexity index is 726. The molecule has 1 aliphatic heterocycles. The van der Waals surface area contributed by atoms with Gasteiger partial charge in [-0.05, 0) is 36.8 Å². The van der Waals surface area contributed by atoms with Gasteiger partial charge in [-0.3, -0.25) is 9.59 Å². The Balaban J connectivity index is 2.05. The van der Waals surface area contributed by atoms with E-state index < -0.39 is 0 Å². The Morgan fingerprint density at radius 3 is 2.81 bits per heavy atom. The van der Waals surface area contributed by atoms with Crippen LogP contribution in [0.2, 0.25) is 5.02 Å². The highest BCUT2D eigenvalue weighted by atomic mass is 35.5. The first kappa shape index (κ1) is 14.1. The average Bonchev–Trinajstić information content (AvgIpc) is 2.82. The van der Waals surface area contributed by atoms with Gasteiger partial charge in [0.2, 0.25) is 0 Å². The minimum absolute atomic E-state index is 0.0218. The maximum atomic E-state index is 12.7. The lowest BCUT2D eigenvalue weighted by Crippen LogP contribution is -2.31. The third-order valence-corrected chi connectivity index (χ3v) is 4.56. The van der Waals surface area contributed by atoms with Crippen molar-refractivity contribution < 1.29 is 9.59 Å². The van der Waals surface area contributed by atoms with Crippen molar-refractivity contribution in [1.29, 1.82) is 0 Å². The van der Waals surface area contributed by atoms with Gasteiger partial charge < -0.3 is 10.6 Å². The molecule has 2 N–H and O–H groups in total. The molecule has 0 radical (unpaired) electrons. The van der Waals surface area contributed by atoms with E-state index in [9.17, 15) is 9.59 Å². The molecule has 2 aromatic rings. The molecule has 1 amide bonds. The maximum absolute atomic E-state index is 12.7. The van der Waals surface area contributed by atoms with Gasteiger partial charge in [0.1, 0.15) is 0 Å². The number of hydrogen-bond donors (Lipinski definition) is 1. The standard InChI is InChI=1S/C15H13ClN2O2S/c16-9-3-4-11-10(8-9)12(19)2-1-7-18(11)15(20)13-5-6-14(17)21-13/h3-6,8H,1-2,7,17H2. The van der Waals surface area contributed by atoms with Crippen LogP contribution in [0.3, 0.4) is 0 Å². The monoisotopic (exact) mass is 320 g/mol. The smallest absolute Gasteiger partial charge is 0.268 e. The van der Waals surface area contributed by atoms with Crippen molar-refractivity contribution in [2.24, 2.45) is 0 Å². The highest BCUT2D eigenvalue weighted by Crippen LogP contribution is 2.31. The molecule has 0 saturated heterocycles. The van der Waals surface area contributed by atoms with Crippen LogP contribution in [0.15, 0.2) is 30.3 Å². The number of nitrogens with two attached hydrogens (primary N) is 1. The Morgan fingerprint density at radius 2 is 2.10 bits per heavy atom. The normalized spacial score (nSPS) is 14.7. The van der Waals surface area contributed by atoms with Gasteiger partial charge in [0.25, 0.3) is 5.91 Å². The van der Waals surface area contributed by atoms with Crippen molar-refractivity contribution in [1.82, 2.24) is 0 Å². The summed E-state index contributed by atoms with van der Waals surface area (Å²) in [6, 6.07) is 8.49. The number of nitrogen functional groups attached to an aromatic ring is 1. The Hall–Kier alpha value is -1.85. The fraction of sp³-hybridized carbons (Fsp3) is 0.200. The highest BCUT2D eigenvalue weighted by Gasteiger charge is 2.26. The summed E-state index contributed by atoms with van der Waals surface area (Å²) >= 11 is 7.22. The third kappa shape index (κ3) is 2.66. The molecule has 3 rings (SSSR count). The first-order valence-corrected chi connectivity index (χ1v) is 7.75. The molecule has 2 heterocycles. The van der Waals surface area contributed by atoms with Crippen LogP contribution in [0.25, 0.3) is 0 Å². The van der Waals surface area contributed by atoms with E-state index in [0.717, 1.165) is 0 Å². The van der Waals surface area contributed by atoms with Crippen molar-refractivity contribution in [3.8, 4) is 0 Å². The molecule has 0 bridgehead atoms. The molecular formula is C15H13ClN2O2S. The minimum atomic E-state index is -0.130. The minimum Gasteiger partial charge on any atom is -0.391 e. The number of carbonyl (C=O) groups is 2. The van der Waals surface area contributed by atoms with E-state index in [1.165, 1.54) is 11.3 Å². The quantitative estimate of drug-likeness (QED) is 0.873. The predicted octanol–water partition coefficient (Wildman–Crippen LogP) is 3.61. The number of rotatable bonds is 1. The lowest BCUT2D eigenvalue weighted by molar-refractivity contribution is 0.0975. The van der Waals surface area contributed by atoms with Crippen LogP contribution in [-0.4, -0.2) is 18.2 Å². The number of halogens is 1. The molecule has 1 aromatic carbocycles. The number of anilines is 2. The summed E-state index contributed by atoms with van der Waals surface area (Å²) < 4.78 is 0. The molecular weight excluding hydrogens is 308 g/mol. The number of carbonyl (C=O) groups excluding carboxylic acids is 2.